The lowest BCUT2D eigenvalue weighted by Crippen LogP contribution is -2.21. The molecule has 0 bridgehead atoms. The van der Waals surface area contributed by atoms with Gasteiger partial charge in [-0.3, -0.25) is 0 Å². The molecule has 0 aliphatic rings. The van der Waals surface area contributed by atoms with Crippen molar-refractivity contribution in [2.24, 2.45) is 0 Å². The van der Waals surface area contributed by atoms with E-state index in [1.54, 1.807) is 24.3 Å². The first-order chi connectivity index (χ1) is 13.3. The normalized spacial score (nSPS) is 12.1. The Labute approximate surface area is 165 Å². The van der Waals surface area contributed by atoms with Crippen LogP contribution in [0.5, 0.6) is 0 Å². The van der Waals surface area contributed by atoms with E-state index in [0.29, 0.717) is 10.7 Å². The third-order valence-corrected chi connectivity index (χ3v) is 5.33. The molecule has 7 heteroatoms. The molecule has 2 aromatic carbocycles. The zero-order valence-electron chi connectivity index (χ0n) is 16.3. The van der Waals surface area contributed by atoms with E-state index in [2.05, 4.69) is 20.2 Å². The average Bonchev–Trinajstić information content (AvgIpc) is 2.65. The summed E-state index contributed by atoms with van der Waals surface area (Å²) in [6.45, 7) is 1.68. The molecule has 0 fully saturated rings. The van der Waals surface area contributed by atoms with Crippen LogP contribution in [-0.2, 0) is 9.84 Å². The lowest BCUT2D eigenvalue weighted by Gasteiger charge is -2.12. The molecule has 0 atom stereocenters. The van der Waals surface area contributed by atoms with Gasteiger partial charge in [0.2, 0.25) is 0 Å². The largest absolute Gasteiger partial charge is 0.368 e. The predicted molar refractivity (Wildman–Crippen MR) is 115 cm³/mol. The second-order valence-electron chi connectivity index (χ2n) is 6.85. The van der Waals surface area contributed by atoms with E-state index in [1.807, 2.05) is 50.5 Å². The summed E-state index contributed by atoms with van der Waals surface area (Å²) in [6, 6.07) is 14.6. The Bertz CT molecular complexity index is 1090. The first kappa shape index (κ1) is 20.0. The topological polar surface area (TPSA) is 75.2 Å². The number of nitrogens with zero attached hydrogens (tertiary/aromatic N) is 3. The van der Waals surface area contributed by atoms with E-state index in [9.17, 15) is 8.42 Å². The standard InChI is InChI=1S/C21H24N4O2S/c1-25(2)15-14-22-21-18-6-4-5-7-19(18)23-20(24-21)13-10-16-8-11-17(12-9-16)28(3,26)27/h4-13H,14-15H2,1-3H3,(H,22,23,24). The van der Waals surface area contributed by atoms with Gasteiger partial charge >= 0.3 is 0 Å². The second kappa shape index (κ2) is 8.50. The van der Waals surface area contributed by atoms with E-state index in [1.165, 1.54) is 6.26 Å². The van der Waals surface area contributed by atoms with Crippen molar-refractivity contribution in [3.8, 4) is 0 Å². The molecule has 0 amide bonds. The van der Waals surface area contributed by atoms with Gasteiger partial charge in [-0.25, -0.2) is 18.4 Å². The zero-order chi connectivity index (χ0) is 20.1. The monoisotopic (exact) mass is 396 g/mol. The number of benzene rings is 2. The number of fused-ring (bicyclic) bond motifs is 1. The summed E-state index contributed by atoms with van der Waals surface area (Å²) < 4.78 is 23.1. The van der Waals surface area contributed by atoms with Gasteiger partial charge in [0.25, 0.3) is 0 Å². The molecule has 0 unspecified atom stereocenters. The molecular formula is C21H24N4O2S. The molecule has 1 heterocycles. The van der Waals surface area contributed by atoms with Crippen molar-refractivity contribution in [1.29, 1.82) is 0 Å². The highest BCUT2D eigenvalue weighted by atomic mass is 32.2. The molecule has 0 aliphatic carbocycles. The van der Waals surface area contributed by atoms with Crippen LogP contribution in [0.15, 0.2) is 53.4 Å². The SMILES string of the molecule is CN(C)CCNc1nc(C=Cc2ccc(S(C)(=O)=O)cc2)nc2ccccc12. The van der Waals surface area contributed by atoms with Gasteiger partial charge in [-0.2, -0.15) is 0 Å². The molecule has 3 aromatic rings. The van der Waals surface area contributed by atoms with Crippen molar-refractivity contribution < 1.29 is 8.42 Å². The average molecular weight is 397 g/mol. The fourth-order valence-corrected chi connectivity index (χ4v) is 3.33. The van der Waals surface area contributed by atoms with Crippen LogP contribution in [0.25, 0.3) is 23.1 Å². The molecule has 0 radical (unpaired) electrons. The van der Waals surface area contributed by atoms with E-state index in [4.69, 9.17) is 0 Å². The first-order valence-corrected chi connectivity index (χ1v) is 10.9. The van der Waals surface area contributed by atoms with Crippen LogP contribution in [-0.4, -0.2) is 56.7 Å². The minimum absolute atomic E-state index is 0.305. The summed E-state index contributed by atoms with van der Waals surface area (Å²) >= 11 is 0. The predicted octanol–water partition coefficient (Wildman–Crippen LogP) is 3.18. The molecule has 3 rings (SSSR count). The maximum Gasteiger partial charge on any atom is 0.175 e. The van der Waals surface area contributed by atoms with Crippen LogP contribution in [0.2, 0.25) is 0 Å². The lowest BCUT2D eigenvalue weighted by atomic mass is 10.2. The van der Waals surface area contributed by atoms with Crippen molar-refractivity contribution in [3.05, 3.63) is 59.9 Å². The van der Waals surface area contributed by atoms with E-state index >= 15 is 0 Å². The third-order valence-electron chi connectivity index (χ3n) is 4.21. The zero-order valence-corrected chi connectivity index (χ0v) is 17.1. The number of sulfone groups is 1. The maximum absolute atomic E-state index is 11.6. The van der Waals surface area contributed by atoms with Gasteiger partial charge in [-0.1, -0.05) is 30.3 Å². The van der Waals surface area contributed by atoms with Crippen LogP contribution in [0, 0.1) is 0 Å². The second-order valence-corrected chi connectivity index (χ2v) is 8.87. The number of hydrogen-bond acceptors (Lipinski definition) is 6. The summed E-state index contributed by atoms with van der Waals surface area (Å²) in [5, 5.41) is 4.37. The molecular weight excluding hydrogens is 372 g/mol. The Kier molecular flexibility index (Phi) is 6.06. The maximum atomic E-state index is 11.6. The van der Waals surface area contributed by atoms with Gasteiger partial charge in [0.1, 0.15) is 5.82 Å². The molecule has 0 spiro atoms. The first-order valence-electron chi connectivity index (χ1n) is 8.96. The van der Waals surface area contributed by atoms with Crippen LogP contribution in [0.4, 0.5) is 5.82 Å². The Hall–Kier alpha value is -2.77. The van der Waals surface area contributed by atoms with Crippen molar-refractivity contribution in [2.45, 2.75) is 4.90 Å². The number of anilines is 1. The Morgan fingerprint density at radius 1 is 1.00 bits per heavy atom. The molecule has 146 valence electrons. The fourth-order valence-electron chi connectivity index (χ4n) is 2.70. The number of likely N-dealkylation sites (N-methyl/N-ethyl adjacent to an activating group) is 1. The molecule has 0 aliphatic heterocycles. The lowest BCUT2D eigenvalue weighted by molar-refractivity contribution is 0.425. The van der Waals surface area contributed by atoms with Crippen molar-refractivity contribution >= 4 is 38.7 Å². The molecule has 1 aromatic heterocycles. The van der Waals surface area contributed by atoms with Gasteiger partial charge in [0.15, 0.2) is 15.7 Å². The highest BCUT2D eigenvalue weighted by molar-refractivity contribution is 7.90. The van der Waals surface area contributed by atoms with E-state index in [-0.39, 0.29) is 0 Å². The smallest absolute Gasteiger partial charge is 0.175 e. The minimum atomic E-state index is -3.19. The summed E-state index contributed by atoms with van der Waals surface area (Å²) in [5.41, 5.74) is 1.75. The summed E-state index contributed by atoms with van der Waals surface area (Å²) in [5.74, 6) is 1.40. The quantitative estimate of drug-likeness (QED) is 0.661. The Morgan fingerprint density at radius 3 is 2.39 bits per heavy atom. The van der Waals surface area contributed by atoms with Crippen LogP contribution < -0.4 is 5.32 Å². The number of para-hydroxylation sites is 1. The minimum Gasteiger partial charge on any atom is -0.368 e. The summed E-state index contributed by atoms with van der Waals surface area (Å²) in [7, 11) is 0.869. The summed E-state index contributed by atoms with van der Waals surface area (Å²) in [4.78, 5) is 11.7. The van der Waals surface area contributed by atoms with Gasteiger partial charge in [-0.05, 0) is 50.0 Å². The molecule has 0 saturated carbocycles. The fraction of sp³-hybridized carbons (Fsp3) is 0.238. The van der Waals surface area contributed by atoms with Crippen molar-refractivity contribution in [1.82, 2.24) is 14.9 Å². The number of aromatic nitrogens is 2. The highest BCUT2D eigenvalue weighted by Crippen LogP contribution is 2.21. The number of hydrogen-bond donors (Lipinski definition) is 1. The molecule has 28 heavy (non-hydrogen) atoms. The highest BCUT2D eigenvalue weighted by Gasteiger charge is 2.07. The molecule has 0 saturated heterocycles. The van der Waals surface area contributed by atoms with E-state index < -0.39 is 9.84 Å². The molecule has 6 nitrogen and oxygen atoms in total. The Balaban J connectivity index is 1.87. The summed E-state index contributed by atoms with van der Waals surface area (Å²) in [6.07, 6.45) is 4.91. The van der Waals surface area contributed by atoms with E-state index in [0.717, 1.165) is 35.4 Å². The molecule has 1 N–H and O–H groups in total. The van der Waals surface area contributed by atoms with Gasteiger partial charge in [-0.15, -0.1) is 0 Å². The van der Waals surface area contributed by atoms with Gasteiger partial charge < -0.3 is 10.2 Å². The number of nitrogens with one attached hydrogen (secondary N) is 1. The van der Waals surface area contributed by atoms with Crippen LogP contribution in [0.1, 0.15) is 11.4 Å². The van der Waals surface area contributed by atoms with Crippen LogP contribution in [0.3, 0.4) is 0 Å². The Morgan fingerprint density at radius 2 is 1.71 bits per heavy atom. The van der Waals surface area contributed by atoms with Crippen LogP contribution >= 0.6 is 0 Å². The third kappa shape index (κ3) is 5.15. The van der Waals surface area contributed by atoms with Crippen molar-refractivity contribution in [2.75, 3.05) is 38.8 Å². The van der Waals surface area contributed by atoms with Crippen molar-refractivity contribution in [3.63, 3.8) is 0 Å². The van der Waals surface area contributed by atoms with Gasteiger partial charge in [0.05, 0.1) is 10.4 Å². The number of rotatable bonds is 7. The van der Waals surface area contributed by atoms with Gasteiger partial charge in [0, 0.05) is 24.7 Å².